The van der Waals surface area contributed by atoms with E-state index in [0.29, 0.717) is 16.9 Å². The van der Waals surface area contributed by atoms with Crippen LogP contribution < -0.4 is 24.2 Å². The average molecular weight is 415 g/mol. The van der Waals surface area contributed by atoms with Gasteiger partial charge in [-0.05, 0) is 54.6 Å². The molecule has 2 unspecified atom stereocenters. The van der Waals surface area contributed by atoms with Crippen molar-refractivity contribution in [1.29, 1.82) is 0 Å². The van der Waals surface area contributed by atoms with Gasteiger partial charge in [0.1, 0.15) is 0 Å². The van der Waals surface area contributed by atoms with Gasteiger partial charge in [-0.3, -0.25) is 9.78 Å². The minimum atomic E-state index is 0. The third-order valence-electron chi connectivity index (χ3n) is 9.78. The standard InChI is InChI=1S/C27H39N2O.Li/c1-18-8-10-22-19(15-18)9-11-24-23(22)12-13-27(2)21(6-3-7-25(24)27)17-29-26(30)20-5-4-14-28-16-20;/h4-5,14,16,18,21-25H,3,6-13,15,17H2,1-2H3,(H,29,30);/q-1;+1/t18-,21+,22-,23?,24+,25?,27+;/m0./s1. The van der Waals surface area contributed by atoms with Crippen LogP contribution in [0.25, 0.3) is 0 Å². The maximum atomic E-state index is 12.6. The van der Waals surface area contributed by atoms with Gasteiger partial charge in [-0.15, -0.1) is 0 Å². The number of pyridine rings is 1. The summed E-state index contributed by atoms with van der Waals surface area (Å²) in [6.07, 6.45) is 17.4. The molecule has 1 heterocycles. The van der Waals surface area contributed by atoms with Gasteiger partial charge in [-0.25, -0.2) is 0 Å². The van der Waals surface area contributed by atoms with Crippen LogP contribution in [0.3, 0.4) is 0 Å². The third kappa shape index (κ3) is 4.39. The SMILES string of the molecule is C[C@H]1CC[C@H]2[C-](CC[C@@H]3C2CC[C@@]2(C)C3CCC[C@@H]2CNC(=O)c2cccnc2)C1.[Li+]. The first-order chi connectivity index (χ1) is 14.6. The smallest absolute Gasteiger partial charge is 0.352 e. The Morgan fingerprint density at radius 2 is 2.06 bits per heavy atom. The topological polar surface area (TPSA) is 42.0 Å². The minimum Gasteiger partial charge on any atom is -0.352 e. The molecule has 31 heavy (non-hydrogen) atoms. The van der Waals surface area contributed by atoms with Crippen molar-refractivity contribution in [3.63, 3.8) is 0 Å². The Morgan fingerprint density at radius 1 is 1.19 bits per heavy atom. The molecule has 164 valence electrons. The van der Waals surface area contributed by atoms with Gasteiger partial charge < -0.3 is 11.2 Å². The van der Waals surface area contributed by atoms with Gasteiger partial charge in [0.2, 0.25) is 0 Å². The Morgan fingerprint density at radius 3 is 2.87 bits per heavy atom. The quantitative estimate of drug-likeness (QED) is 0.610. The van der Waals surface area contributed by atoms with Crippen LogP contribution in [-0.4, -0.2) is 17.4 Å². The number of aromatic nitrogens is 1. The van der Waals surface area contributed by atoms with Crippen LogP contribution in [0.4, 0.5) is 0 Å². The number of fused-ring (bicyclic) bond motifs is 5. The number of carbonyl (C=O) groups excluding carboxylic acids is 1. The maximum absolute atomic E-state index is 12.6. The van der Waals surface area contributed by atoms with Gasteiger partial charge in [0.15, 0.2) is 0 Å². The summed E-state index contributed by atoms with van der Waals surface area (Å²) in [7, 11) is 0. The molecule has 5 rings (SSSR count). The van der Waals surface area contributed by atoms with Gasteiger partial charge >= 0.3 is 18.9 Å². The summed E-state index contributed by atoms with van der Waals surface area (Å²) in [6.45, 7) is 5.87. The van der Waals surface area contributed by atoms with Crippen LogP contribution in [0.2, 0.25) is 0 Å². The second kappa shape index (κ2) is 9.60. The molecule has 4 heteroatoms. The van der Waals surface area contributed by atoms with Crippen LogP contribution in [0.1, 0.15) is 88.4 Å². The first-order valence-electron chi connectivity index (χ1n) is 12.6. The number of carbonyl (C=O) groups is 1. The van der Waals surface area contributed by atoms with E-state index in [9.17, 15) is 4.79 Å². The summed E-state index contributed by atoms with van der Waals surface area (Å²) >= 11 is 0. The third-order valence-corrected chi connectivity index (χ3v) is 9.78. The largest absolute Gasteiger partial charge is 1.00 e. The van der Waals surface area contributed by atoms with Gasteiger partial charge in [0.05, 0.1) is 5.56 Å². The fourth-order valence-corrected chi connectivity index (χ4v) is 8.22. The van der Waals surface area contributed by atoms with E-state index in [0.717, 1.165) is 36.1 Å². The number of nitrogens with zero attached hydrogens (tertiary/aromatic N) is 1. The second-order valence-electron chi connectivity index (χ2n) is 11.2. The van der Waals surface area contributed by atoms with Gasteiger partial charge in [-0.2, -0.15) is 18.8 Å². The van der Waals surface area contributed by atoms with E-state index in [1.807, 2.05) is 18.1 Å². The summed E-state index contributed by atoms with van der Waals surface area (Å²) in [4.78, 5) is 16.7. The Hall–Kier alpha value is -0.783. The van der Waals surface area contributed by atoms with Gasteiger partial charge in [0.25, 0.3) is 5.91 Å². The normalized spacial score (nSPS) is 39.9. The molecule has 1 aromatic rings. The molecular formula is C27H39LiN2O. The van der Waals surface area contributed by atoms with Gasteiger partial charge in [0, 0.05) is 18.9 Å². The van der Waals surface area contributed by atoms with Crippen molar-refractivity contribution in [2.75, 3.05) is 6.54 Å². The molecule has 1 N–H and O–H groups in total. The first kappa shape index (κ1) is 23.4. The van der Waals surface area contributed by atoms with Crippen LogP contribution in [0, 0.1) is 46.8 Å². The zero-order chi connectivity index (χ0) is 20.7. The molecule has 0 aliphatic heterocycles. The number of hydrogen-bond acceptors (Lipinski definition) is 2. The molecule has 0 radical (unpaired) electrons. The van der Waals surface area contributed by atoms with E-state index >= 15 is 0 Å². The molecule has 1 aromatic heterocycles. The van der Waals surface area contributed by atoms with Crippen molar-refractivity contribution in [2.24, 2.45) is 40.9 Å². The van der Waals surface area contributed by atoms with Crippen molar-refractivity contribution in [3.05, 3.63) is 36.0 Å². The fourth-order valence-electron chi connectivity index (χ4n) is 8.22. The van der Waals surface area contributed by atoms with E-state index in [2.05, 4.69) is 24.1 Å². The fraction of sp³-hybridized carbons (Fsp3) is 0.741. The summed E-state index contributed by atoms with van der Waals surface area (Å²) in [5.41, 5.74) is 1.08. The zero-order valence-electron chi connectivity index (χ0n) is 19.9. The van der Waals surface area contributed by atoms with Crippen molar-refractivity contribution in [3.8, 4) is 0 Å². The van der Waals surface area contributed by atoms with E-state index in [4.69, 9.17) is 0 Å². The first-order valence-corrected chi connectivity index (χ1v) is 12.6. The molecular weight excluding hydrogens is 375 g/mol. The molecule has 0 bridgehead atoms. The van der Waals surface area contributed by atoms with E-state index in [1.54, 1.807) is 12.4 Å². The summed E-state index contributed by atoms with van der Waals surface area (Å²) in [5, 5.41) is 3.27. The number of amides is 1. The van der Waals surface area contributed by atoms with Gasteiger partial charge in [-0.1, -0.05) is 57.8 Å². The summed E-state index contributed by atoms with van der Waals surface area (Å²) < 4.78 is 0. The predicted molar refractivity (Wildman–Crippen MR) is 121 cm³/mol. The van der Waals surface area contributed by atoms with Crippen molar-refractivity contribution in [2.45, 2.75) is 78.1 Å². The van der Waals surface area contributed by atoms with Crippen molar-refractivity contribution >= 4 is 5.91 Å². The monoisotopic (exact) mass is 414 g/mol. The predicted octanol–water partition coefficient (Wildman–Crippen LogP) is 3.07. The molecule has 1 amide bonds. The maximum Gasteiger partial charge on any atom is 1.00 e. The van der Waals surface area contributed by atoms with Crippen LogP contribution >= 0.6 is 0 Å². The molecule has 4 saturated carbocycles. The van der Waals surface area contributed by atoms with Crippen LogP contribution in [0.5, 0.6) is 0 Å². The minimum absolute atomic E-state index is 0. The summed E-state index contributed by atoms with van der Waals surface area (Å²) in [5.74, 6) is 7.22. The Balaban J connectivity index is 0.00000231. The van der Waals surface area contributed by atoms with Crippen LogP contribution in [-0.2, 0) is 0 Å². The molecule has 7 atom stereocenters. The second-order valence-corrected chi connectivity index (χ2v) is 11.2. The van der Waals surface area contributed by atoms with E-state index < -0.39 is 0 Å². The Kier molecular flexibility index (Phi) is 7.24. The van der Waals surface area contributed by atoms with Crippen LogP contribution in [0.15, 0.2) is 24.5 Å². The molecule has 4 aliphatic carbocycles. The molecule has 4 aliphatic rings. The molecule has 4 fully saturated rings. The zero-order valence-corrected chi connectivity index (χ0v) is 19.9. The Labute approximate surface area is 201 Å². The number of nitrogens with one attached hydrogen (secondary N) is 1. The molecule has 0 spiro atoms. The van der Waals surface area contributed by atoms with E-state index in [1.165, 1.54) is 64.2 Å². The average Bonchev–Trinajstić information content (AvgIpc) is 2.77. The molecule has 0 saturated heterocycles. The number of hydrogen-bond donors (Lipinski definition) is 1. The Bertz CT molecular complexity index is 755. The number of rotatable bonds is 3. The van der Waals surface area contributed by atoms with E-state index in [-0.39, 0.29) is 24.8 Å². The summed E-state index contributed by atoms with van der Waals surface area (Å²) in [6, 6.07) is 3.70. The van der Waals surface area contributed by atoms with Crippen molar-refractivity contribution in [1.82, 2.24) is 10.3 Å². The van der Waals surface area contributed by atoms with Crippen molar-refractivity contribution < 1.29 is 23.7 Å². The molecule has 3 nitrogen and oxygen atoms in total. The molecule has 0 aromatic carbocycles.